The van der Waals surface area contributed by atoms with E-state index in [9.17, 15) is 18.3 Å². The first-order valence-electron chi connectivity index (χ1n) is 6.82. The first kappa shape index (κ1) is 15.2. The van der Waals surface area contributed by atoms with E-state index in [4.69, 9.17) is 4.74 Å². The van der Waals surface area contributed by atoms with E-state index in [1.165, 1.54) is 7.11 Å². The van der Waals surface area contributed by atoms with Gasteiger partial charge >= 0.3 is 6.18 Å². The predicted octanol–water partition coefficient (Wildman–Crippen LogP) is 4.10. The fraction of sp³-hybridized carbons (Fsp3) is 0.600. The predicted molar refractivity (Wildman–Crippen MR) is 69.5 cm³/mol. The Balaban J connectivity index is 2.22. The second-order valence-corrected chi connectivity index (χ2v) is 5.32. The lowest BCUT2D eigenvalue weighted by Gasteiger charge is -2.36. The van der Waals surface area contributed by atoms with Gasteiger partial charge < -0.3 is 9.84 Å². The maximum atomic E-state index is 13.1. The molecule has 0 bridgehead atoms. The van der Waals surface area contributed by atoms with Gasteiger partial charge in [-0.3, -0.25) is 0 Å². The number of rotatable bonds is 3. The highest BCUT2D eigenvalue weighted by Gasteiger charge is 2.47. The SMILES string of the molecule is COc1cccc(C(O)C2CCCCC2C(F)(F)F)c1. The summed E-state index contributed by atoms with van der Waals surface area (Å²) in [4.78, 5) is 0. The zero-order valence-electron chi connectivity index (χ0n) is 11.4. The van der Waals surface area contributed by atoms with E-state index in [1.54, 1.807) is 24.3 Å². The number of ether oxygens (including phenoxy) is 1. The fourth-order valence-electron chi connectivity index (χ4n) is 3.02. The van der Waals surface area contributed by atoms with Crippen molar-refractivity contribution in [3.63, 3.8) is 0 Å². The Bertz CT molecular complexity index is 445. The van der Waals surface area contributed by atoms with Crippen molar-refractivity contribution in [2.75, 3.05) is 7.11 Å². The third kappa shape index (κ3) is 3.26. The van der Waals surface area contributed by atoms with Crippen molar-refractivity contribution in [3.8, 4) is 5.75 Å². The topological polar surface area (TPSA) is 29.5 Å². The molecule has 2 rings (SSSR count). The molecular formula is C15H19F3O2. The van der Waals surface area contributed by atoms with Gasteiger partial charge in [0.15, 0.2) is 0 Å². The average Bonchev–Trinajstić information content (AvgIpc) is 2.45. The van der Waals surface area contributed by atoms with E-state index in [2.05, 4.69) is 0 Å². The summed E-state index contributed by atoms with van der Waals surface area (Å²) >= 11 is 0. The standard InChI is InChI=1S/C15H19F3O2/c1-20-11-6-4-5-10(9-11)14(19)12-7-2-3-8-13(12)15(16,17)18/h4-6,9,12-14,19H,2-3,7-8H2,1H3. The highest BCUT2D eigenvalue weighted by atomic mass is 19.4. The van der Waals surface area contributed by atoms with E-state index in [0.717, 1.165) is 6.42 Å². The second-order valence-electron chi connectivity index (χ2n) is 5.32. The van der Waals surface area contributed by atoms with Gasteiger partial charge in [-0.2, -0.15) is 13.2 Å². The summed E-state index contributed by atoms with van der Waals surface area (Å²) in [5.41, 5.74) is 0.491. The summed E-state index contributed by atoms with van der Waals surface area (Å²) < 4.78 is 44.3. The van der Waals surface area contributed by atoms with E-state index >= 15 is 0 Å². The molecule has 1 N–H and O–H groups in total. The molecule has 3 atom stereocenters. The van der Waals surface area contributed by atoms with Crippen LogP contribution < -0.4 is 4.74 Å². The van der Waals surface area contributed by atoms with Crippen LogP contribution in [0.2, 0.25) is 0 Å². The molecule has 1 fully saturated rings. The van der Waals surface area contributed by atoms with Crippen LogP contribution in [-0.2, 0) is 0 Å². The molecule has 3 unspecified atom stereocenters. The van der Waals surface area contributed by atoms with Gasteiger partial charge in [-0.15, -0.1) is 0 Å². The van der Waals surface area contributed by atoms with Crippen LogP contribution in [0.3, 0.4) is 0 Å². The fourth-order valence-corrected chi connectivity index (χ4v) is 3.02. The summed E-state index contributed by atoms with van der Waals surface area (Å²) in [5.74, 6) is -1.64. The van der Waals surface area contributed by atoms with E-state index < -0.39 is 24.1 Å². The zero-order chi connectivity index (χ0) is 14.8. The molecule has 1 aromatic carbocycles. The Kier molecular flexibility index (Phi) is 4.58. The molecule has 0 saturated heterocycles. The van der Waals surface area contributed by atoms with Crippen LogP contribution in [0, 0.1) is 11.8 Å². The van der Waals surface area contributed by atoms with Crippen LogP contribution in [0.4, 0.5) is 13.2 Å². The molecule has 1 saturated carbocycles. The van der Waals surface area contributed by atoms with Gasteiger partial charge in [-0.25, -0.2) is 0 Å². The van der Waals surface area contributed by atoms with Crippen molar-refractivity contribution >= 4 is 0 Å². The van der Waals surface area contributed by atoms with Crippen molar-refractivity contribution in [1.82, 2.24) is 0 Å². The number of halogens is 3. The van der Waals surface area contributed by atoms with Crippen LogP contribution in [0.25, 0.3) is 0 Å². The molecule has 1 aliphatic carbocycles. The minimum Gasteiger partial charge on any atom is -0.497 e. The van der Waals surface area contributed by atoms with Crippen molar-refractivity contribution in [3.05, 3.63) is 29.8 Å². The van der Waals surface area contributed by atoms with E-state index in [1.807, 2.05) is 0 Å². The van der Waals surface area contributed by atoms with Crippen molar-refractivity contribution in [1.29, 1.82) is 0 Å². The minimum absolute atomic E-state index is 0.106. The molecule has 1 aliphatic rings. The molecule has 0 aliphatic heterocycles. The maximum Gasteiger partial charge on any atom is 0.392 e. The molecule has 20 heavy (non-hydrogen) atoms. The Morgan fingerprint density at radius 3 is 2.60 bits per heavy atom. The monoisotopic (exact) mass is 288 g/mol. The number of aliphatic hydroxyl groups excluding tert-OH is 1. The smallest absolute Gasteiger partial charge is 0.392 e. The normalized spacial score (nSPS) is 25.2. The number of hydrogen-bond acceptors (Lipinski definition) is 2. The lowest BCUT2D eigenvalue weighted by Crippen LogP contribution is -2.36. The maximum absolute atomic E-state index is 13.1. The Morgan fingerprint density at radius 2 is 1.95 bits per heavy atom. The molecule has 0 radical (unpaired) electrons. The zero-order valence-corrected chi connectivity index (χ0v) is 11.4. The van der Waals surface area contributed by atoms with Crippen LogP contribution >= 0.6 is 0 Å². The lowest BCUT2D eigenvalue weighted by atomic mass is 9.74. The van der Waals surface area contributed by atoms with Crippen molar-refractivity contribution in [2.24, 2.45) is 11.8 Å². The quantitative estimate of drug-likeness (QED) is 0.907. The molecule has 0 heterocycles. The van der Waals surface area contributed by atoms with Crippen LogP contribution in [-0.4, -0.2) is 18.4 Å². The summed E-state index contributed by atoms with van der Waals surface area (Å²) in [5, 5.41) is 10.3. The molecule has 0 spiro atoms. The lowest BCUT2D eigenvalue weighted by molar-refractivity contribution is -0.207. The Morgan fingerprint density at radius 1 is 1.25 bits per heavy atom. The number of alkyl halides is 3. The number of aliphatic hydroxyl groups is 1. The third-order valence-electron chi connectivity index (χ3n) is 4.08. The van der Waals surface area contributed by atoms with Crippen LogP contribution in [0.15, 0.2) is 24.3 Å². The van der Waals surface area contributed by atoms with E-state index in [0.29, 0.717) is 24.2 Å². The minimum atomic E-state index is -4.25. The average molecular weight is 288 g/mol. The van der Waals surface area contributed by atoms with Gasteiger partial charge in [0.2, 0.25) is 0 Å². The second kappa shape index (κ2) is 6.04. The number of benzene rings is 1. The first-order chi connectivity index (χ1) is 9.43. The molecule has 0 aromatic heterocycles. The van der Waals surface area contributed by atoms with Gasteiger partial charge in [0.05, 0.1) is 19.1 Å². The van der Waals surface area contributed by atoms with Gasteiger partial charge in [-0.1, -0.05) is 25.0 Å². The summed E-state index contributed by atoms with van der Waals surface area (Å²) in [6, 6.07) is 6.64. The van der Waals surface area contributed by atoms with Crippen LogP contribution in [0.5, 0.6) is 5.75 Å². The Hall–Kier alpha value is -1.23. The summed E-state index contributed by atoms with van der Waals surface area (Å²) in [6.45, 7) is 0. The largest absolute Gasteiger partial charge is 0.497 e. The van der Waals surface area contributed by atoms with Gasteiger partial charge in [0.1, 0.15) is 5.75 Å². The highest BCUT2D eigenvalue weighted by Crippen LogP contribution is 2.46. The third-order valence-corrected chi connectivity index (χ3v) is 4.08. The molecule has 5 heteroatoms. The molecule has 1 aromatic rings. The van der Waals surface area contributed by atoms with Crippen molar-refractivity contribution in [2.45, 2.75) is 38.0 Å². The molecule has 0 amide bonds. The number of hydrogen-bond donors (Lipinski definition) is 1. The molecular weight excluding hydrogens is 269 g/mol. The van der Waals surface area contributed by atoms with Crippen molar-refractivity contribution < 1.29 is 23.0 Å². The summed E-state index contributed by atoms with van der Waals surface area (Å²) in [6.07, 6.45) is -3.52. The van der Waals surface area contributed by atoms with Gasteiger partial charge in [-0.05, 0) is 30.5 Å². The number of methoxy groups -OCH3 is 1. The van der Waals surface area contributed by atoms with E-state index in [-0.39, 0.29) is 6.42 Å². The molecule has 112 valence electrons. The Labute approximate surface area is 116 Å². The van der Waals surface area contributed by atoms with Gasteiger partial charge in [0.25, 0.3) is 0 Å². The first-order valence-corrected chi connectivity index (χ1v) is 6.82. The summed E-state index contributed by atoms with van der Waals surface area (Å²) in [7, 11) is 1.49. The van der Waals surface area contributed by atoms with Crippen LogP contribution in [0.1, 0.15) is 37.4 Å². The highest BCUT2D eigenvalue weighted by molar-refractivity contribution is 5.30. The molecule has 2 nitrogen and oxygen atoms in total. The van der Waals surface area contributed by atoms with Gasteiger partial charge in [0, 0.05) is 5.92 Å².